The van der Waals surface area contributed by atoms with Crippen molar-refractivity contribution < 1.29 is 9.47 Å². The second kappa shape index (κ2) is 12.0. The Morgan fingerprint density at radius 2 is 1.46 bits per heavy atom. The lowest BCUT2D eigenvalue weighted by Gasteiger charge is -2.22. The van der Waals surface area contributed by atoms with Crippen LogP contribution in [-0.4, -0.2) is 25.4 Å². The van der Waals surface area contributed by atoms with Crippen molar-refractivity contribution >= 4 is 23.0 Å². The molecule has 5 heteroatoms. The first kappa shape index (κ1) is 20.8. The summed E-state index contributed by atoms with van der Waals surface area (Å²) in [6.45, 7) is 0. The minimum absolute atomic E-state index is 0.457. The Morgan fingerprint density at radius 3 is 2.00 bits per heavy atom. The number of ether oxygens (including phenoxy) is 2. The van der Waals surface area contributed by atoms with E-state index in [1.54, 1.807) is 14.2 Å². The molecule has 0 saturated heterocycles. The number of rotatable bonds is 4. The first-order valence-corrected chi connectivity index (χ1v) is 10.4. The van der Waals surface area contributed by atoms with Crippen molar-refractivity contribution in [2.45, 2.75) is 76.7 Å². The van der Waals surface area contributed by atoms with Crippen molar-refractivity contribution in [2.24, 2.45) is 0 Å². The molecule has 0 amide bonds. The van der Waals surface area contributed by atoms with Crippen LogP contribution in [0, 0.1) is 0 Å². The zero-order valence-corrected chi connectivity index (χ0v) is 17.1. The lowest BCUT2D eigenvalue weighted by Crippen LogP contribution is -2.37. The van der Waals surface area contributed by atoms with Crippen molar-refractivity contribution in [2.75, 3.05) is 19.5 Å². The molecule has 1 aliphatic carbocycles. The lowest BCUT2D eigenvalue weighted by atomic mass is 9.98. The summed E-state index contributed by atoms with van der Waals surface area (Å²) in [4.78, 5) is 0. The fourth-order valence-electron chi connectivity index (χ4n) is 3.55. The Kier molecular flexibility index (Phi) is 9.61. The van der Waals surface area contributed by atoms with Gasteiger partial charge in [-0.05, 0) is 37.2 Å². The standard InChI is InChI=1S/C21H34N2O2S/c1-24-18-14-15-19(20(16-18)25-2)23-21(26)22-17-12-10-8-6-4-3-5-7-9-11-13-17/h14-17H,3-13H2,1-2H3,(H2,22,23,26). The molecular formula is C21H34N2O2S. The second-order valence-electron chi connectivity index (χ2n) is 7.12. The van der Waals surface area contributed by atoms with Crippen LogP contribution in [0.4, 0.5) is 5.69 Å². The van der Waals surface area contributed by atoms with Crippen LogP contribution in [0.5, 0.6) is 11.5 Å². The third kappa shape index (κ3) is 7.40. The van der Waals surface area contributed by atoms with Gasteiger partial charge in [-0.2, -0.15) is 0 Å². The van der Waals surface area contributed by atoms with Gasteiger partial charge in [-0.3, -0.25) is 0 Å². The zero-order chi connectivity index (χ0) is 18.6. The summed E-state index contributed by atoms with van der Waals surface area (Å²) in [6, 6.07) is 6.16. The predicted octanol–water partition coefficient (Wildman–Crippen LogP) is 5.66. The van der Waals surface area contributed by atoms with Gasteiger partial charge >= 0.3 is 0 Å². The minimum Gasteiger partial charge on any atom is -0.497 e. The highest BCUT2D eigenvalue weighted by atomic mass is 32.1. The highest BCUT2D eigenvalue weighted by Gasteiger charge is 2.12. The summed E-state index contributed by atoms with van der Waals surface area (Å²) in [6.07, 6.45) is 14.6. The number of nitrogens with one attached hydrogen (secondary N) is 2. The van der Waals surface area contributed by atoms with Gasteiger partial charge in [0.05, 0.1) is 19.9 Å². The molecule has 1 saturated carbocycles. The SMILES string of the molecule is COc1ccc(NC(=S)NC2CCCCCCCCCCC2)c(OC)c1. The monoisotopic (exact) mass is 378 g/mol. The quantitative estimate of drug-likeness (QED) is 0.661. The van der Waals surface area contributed by atoms with E-state index < -0.39 is 0 Å². The molecule has 146 valence electrons. The van der Waals surface area contributed by atoms with E-state index in [2.05, 4.69) is 10.6 Å². The molecule has 1 aromatic carbocycles. The molecule has 0 aliphatic heterocycles. The van der Waals surface area contributed by atoms with E-state index in [1.165, 1.54) is 70.6 Å². The second-order valence-corrected chi connectivity index (χ2v) is 7.53. The van der Waals surface area contributed by atoms with Gasteiger partial charge in [0.2, 0.25) is 0 Å². The molecule has 0 heterocycles. The maximum atomic E-state index is 5.56. The fourth-order valence-corrected chi connectivity index (χ4v) is 3.83. The fraction of sp³-hybridized carbons (Fsp3) is 0.667. The zero-order valence-electron chi connectivity index (χ0n) is 16.3. The van der Waals surface area contributed by atoms with Gasteiger partial charge in [-0.1, -0.05) is 57.8 Å². The molecule has 2 N–H and O–H groups in total. The van der Waals surface area contributed by atoms with Crippen molar-refractivity contribution in [1.82, 2.24) is 5.32 Å². The smallest absolute Gasteiger partial charge is 0.171 e. The molecule has 1 fully saturated rings. The van der Waals surface area contributed by atoms with Crippen LogP contribution >= 0.6 is 12.2 Å². The molecule has 2 rings (SSSR count). The summed E-state index contributed by atoms with van der Waals surface area (Å²) >= 11 is 5.56. The molecule has 26 heavy (non-hydrogen) atoms. The number of hydrogen-bond acceptors (Lipinski definition) is 3. The van der Waals surface area contributed by atoms with Crippen molar-refractivity contribution in [3.8, 4) is 11.5 Å². The summed E-state index contributed by atoms with van der Waals surface area (Å²) in [5.41, 5.74) is 0.860. The van der Waals surface area contributed by atoms with E-state index in [9.17, 15) is 0 Å². The Labute approximate surface area is 164 Å². The maximum Gasteiger partial charge on any atom is 0.171 e. The third-order valence-corrected chi connectivity index (χ3v) is 5.32. The Balaban J connectivity index is 1.89. The average Bonchev–Trinajstić information content (AvgIpc) is 2.64. The van der Waals surface area contributed by atoms with Gasteiger partial charge in [0.15, 0.2) is 5.11 Å². The molecular weight excluding hydrogens is 344 g/mol. The molecule has 4 nitrogen and oxygen atoms in total. The van der Waals surface area contributed by atoms with E-state index in [1.807, 2.05) is 18.2 Å². The minimum atomic E-state index is 0.457. The van der Waals surface area contributed by atoms with Gasteiger partial charge < -0.3 is 20.1 Å². The summed E-state index contributed by atoms with van der Waals surface area (Å²) < 4.78 is 10.7. The largest absolute Gasteiger partial charge is 0.497 e. The number of benzene rings is 1. The van der Waals surface area contributed by atoms with E-state index in [-0.39, 0.29) is 0 Å². The van der Waals surface area contributed by atoms with Crippen LogP contribution in [0.25, 0.3) is 0 Å². The maximum absolute atomic E-state index is 5.56. The Hall–Kier alpha value is -1.49. The van der Waals surface area contributed by atoms with Crippen molar-refractivity contribution in [3.63, 3.8) is 0 Å². The Bertz CT molecular complexity index is 539. The molecule has 1 aliphatic rings. The van der Waals surface area contributed by atoms with E-state index in [0.29, 0.717) is 11.2 Å². The molecule has 0 aromatic heterocycles. The molecule has 0 unspecified atom stereocenters. The van der Waals surface area contributed by atoms with Gasteiger partial charge in [-0.25, -0.2) is 0 Å². The summed E-state index contributed by atoms with van der Waals surface area (Å²) in [5.74, 6) is 1.50. The van der Waals surface area contributed by atoms with Crippen molar-refractivity contribution in [1.29, 1.82) is 0 Å². The first-order valence-electron chi connectivity index (χ1n) is 10.0. The summed E-state index contributed by atoms with van der Waals surface area (Å²) in [5, 5.41) is 7.49. The number of thiocarbonyl (C=S) groups is 1. The molecule has 0 atom stereocenters. The highest BCUT2D eigenvalue weighted by molar-refractivity contribution is 7.80. The lowest BCUT2D eigenvalue weighted by molar-refractivity contribution is 0.395. The van der Waals surface area contributed by atoms with Gasteiger partial charge in [0.25, 0.3) is 0 Å². The summed E-state index contributed by atoms with van der Waals surface area (Å²) in [7, 11) is 3.31. The molecule has 1 aromatic rings. The normalized spacial score (nSPS) is 17.5. The molecule has 0 spiro atoms. The van der Waals surface area contributed by atoms with E-state index in [0.717, 1.165) is 17.2 Å². The van der Waals surface area contributed by atoms with Gasteiger partial charge in [0.1, 0.15) is 11.5 Å². The van der Waals surface area contributed by atoms with Crippen LogP contribution in [0.3, 0.4) is 0 Å². The highest BCUT2D eigenvalue weighted by Crippen LogP contribution is 2.29. The molecule has 0 radical (unpaired) electrons. The average molecular weight is 379 g/mol. The van der Waals surface area contributed by atoms with Crippen LogP contribution in [0.1, 0.15) is 70.6 Å². The number of methoxy groups -OCH3 is 2. The first-order chi connectivity index (χ1) is 12.7. The predicted molar refractivity (Wildman–Crippen MR) is 113 cm³/mol. The van der Waals surface area contributed by atoms with Crippen LogP contribution in [-0.2, 0) is 0 Å². The van der Waals surface area contributed by atoms with Crippen LogP contribution < -0.4 is 20.1 Å². The van der Waals surface area contributed by atoms with Gasteiger partial charge in [-0.15, -0.1) is 0 Å². The van der Waals surface area contributed by atoms with Crippen molar-refractivity contribution in [3.05, 3.63) is 18.2 Å². The number of hydrogen-bond donors (Lipinski definition) is 2. The molecule has 0 bridgehead atoms. The van der Waals surface area contributed by atoms with Crippen LogP contribution in [0.2, 0.25) is 0 Å². The van der Waals surface area contributed by atoms with Crippen LogP contribution in [0.15, 0.2) is 18.2 Å². The Morgan fingerprint density at radius 1 is 0.885 bits per heavy atom. The topological polar surface area (TPSA) is 42.5 Å². The van der Waals surface area contributed by atoms with E-state index in [4.69, 9.17) is 21.7 Å². The van der Waals surface area contributed by atoms with Gasteiger partial charge in [0, 0.05) is 12.1 Å². The third-order valence-electron chi connectivity index (χ3n) is 5.10. The van der Waals surface area contributed by atoms with E-state index >= 15 is 0 Å². The number of anilines is 1.